The van der Waals surface area contributed by atoms with Gasteiger partial charge in [-0.15, -0.1) is 0 Å². The number of aromatic nitrogens is 2. The van der Waals surface area contributed by atoms with Crippen LogP contribution in [0.3, 0.4) is 0 Å². The summed E-state index contributed by atoms with van der Waals surface area (Å²) < 4.78 is 18.8. The van der Waals surface area contributed by atoms with Gasteiger partial charge in [-0.2, -0.15) is 0 Å². The maximum atomic E-state index is 13.2. The molecule has 2 aromatic heterocycles. The molecular formula is C14H11FN2O2. The molecule has 0 radical (unpaired) electrons. The van der Waals surface area contributed by atoms with Crippen LogP contribution in [0.5, 0.6) is 0 Å². The molecule has 3 rings (SSSR count). The molecule has 3 aromatic rings. The number of aryl methyl sites for hydroxylation is 1. The number of hydrogen-bond donors (Lipinski definition) is 1. The molecule has 1 atom stereocenters. The van der Waals surface area contributed by atoms with Gasteiger partial charge >= 0.3 is 0 Å². The van der Waals surface area contributed by atoms with Gasteiger partial charge in [0.25, 0.3) is 0 Å². The standard InChI is InChI=1S/C14H11FN2O2/c1-8-11-4-10(15)2-3-12(11)19-14(8)13(18)9-5-16-7-17-6-9/h2-7,13,18H,1H3. The average Bonchev–Trinajstić information content (AvgIpc) is 2.76. The summed E-state index contributed by atoms with van der Waals surface area (Å²) >= 11 is 0. The van der Waals surface area contributed by atoms with Gasteiger partial charge < -0.3 is 9.52 Å². The predicted molar refractivity (Wildman–Crippen MR) is 67.0 cm³/mol. The maximum Gasteiger partial charge on any atom is 0.141 e. The van der Waals surface area contributed by atoms with E-state index in [1.807, 2.05) is 0 Å². The van der Waals surface area contributed by atoms with E-state index in [0.717, 1.165) is 0 Å². The predicted octanol–water partition coefficient (Wildman–Crippen LogP) is 2.75. The summed E-state index contributed by atoms with van der Waals surface area (Å²) in [7, 11) is 0. The molecule has 1 N–H and O–H groups in total. The Balaban J connectivity index is 2.13. The molecule has 0 bridgehead atoms. The zero-order valence-electron chi connectivity index (χ0n) is 10.2. The summed E-state index contributed by atoms with van der Waals surface area (Å²) in [4.78, 5) is 7.71. The van der Waals surface area contributed by atoms with E-state index < -0.39 is 6.10 Å². The highest BCUT2D eigenvalue weighted by atomic mass is 19.1. The summed E-state index contributed by atoms with van der Waals surface area (Å²) in [6.45, 7) is 1.79. The van der Waals surface area contributed by atoms with E-state index in [0.29, 0.717) is 27.9 Å². The summed E-state index contributed by atoms with van der Waals surface area (Å²) in [5.74, 6) is 0.0517. The van der Waals surface area contributed by atoms with E-state index in [1.165, 1.54) is 30.9 Å². The Labute approximate surface area is 108 Å². The van der Waals surface area contributed by atoms with Crippen LogP contribution in [0.1, 0.15) is 23.0 Å². The number of nitrogens with zero attached hydrogens (tertiary/aromatic N) is 2. The lowest BCUT2D eigenvalue weighted by atomic mass is 10.1. The van der Waals surface area contributed by atoms with Crippen LogP contribution in [0, 0.1) is 12.7 Å². The summed E-state index contributed by atoms with van der Waals surface area (Å²) in [5.41, 5.74) is 1.79. The van der Waals surface area contributed by atoms with Crippen molar-refractivity contribution in [3.63, 3.8) is 0 Å². The molecule has 1 aromatic carbocycles. The minimum atomic E-state index is -0.961. The summed E-state index contributed by atoms with van der Waals surface area (Å²) in [5, 5.41) is 10.9. The Kier molecular flexibility index (Phi) is 2.76. The van der Waals surface area contributed by atoms with Crippen LogP contribution < -0.4 is 0 Å². The second-order valence-electron chi connectivity index (χ2n) is 4.31. The van der Waals surface area contributed by atoms with Crippen molar-refractivity contribution in [1.29, 1.82) is 0 Å². The number of aliphatic hydroxyl groups is 1. The maximum absolute atomic E-state index is 13.2. The molecular weight excluding hydrogens is 247 g/mol. The molecule has 0 fully saturated rings. The third-order valence-corrected chi connectivity index (χ3v) is 3.08. The van der Waals surface area contributed by atoms with Crippen molar-refractivity contribution < 1.29 is 13.9 Å². The van der Waals surface area contributed by atoms with Crippen LogP contribution in [0.15, 0.2) is 41.3 Å². The lowest BCUT2D eigenvalue weighted by molar-refractivity contribution is 0.190. The average molecular weight is 258 g/mol. The van der Waals surface area contributed by atoms with Crippen LogP contribution in [-0.4, -0.2) is 15.1 Å². The molecule has 0 amide bonds. The normalized spacial score (nSPS) is 12.8. The van der Waals surface area contributed by atoms with Crippen molar-refractivity contribution >= 4 is 11.0 Å². The lowest BCUT2D eigenvalue weighted by Gasteiger charge is -2.07. The Morgan fingerprint density at radius 3 is 2.74 bits per heavy atom. The van der Waals surface area contributed by atoms with Gasteiger partial charge in [-0.05, 0) is 25.1 Å². The molecule has 96 valence electrons. The molecule has 2 heterocycles. The topological polar surface area (TPSA) is 59.2 Å². The Morgan fingerprint density at radius 2 is 2.00 bits per heavy atom. The highest BCUT2D eigenvalue weighted by Gasteiger charge is 2.20. The Hall–Kier alpha value is -2.27. The van der Waals surface area contributed by atoms with E-state index in [-0.39, 0.29) is 5.82 Å². The first-order valence-electron chi connectivity index (χ1n) is 5.78. The van der Waals surface area contributed by atoms with Gasteiger partial charge in [0.05, 0.1) is 0 Å². The molecule has 4 nitrogen and oxygen atoms in total. The zero-order chi connectivity index (χ0) is 13.4. The number of benzene rings is 1. The molecule has 0 aliphatic rings. The van der Waals surface area contributed by atoms with E-state index in [1.54, 1.807) is 13.0 Å². The van der Waals surface area contributed by atoms with Crippen molar-refractivity contribution in [3.05, 3.63) is 59.6 Å². The van der Waals surface area contributed by atoms with Crippen molar-refractivity contribution in [3.8, 4) is 0 Å². The Morgan fingerprint density at radius 1 is 1.26 bits per heavy atom. The number of rotatable bonds is 2. The quantitative estimate of drug-likeness (QED) is 0.767. The molecule has 0 saturated carbocycles. The van der Waals surface area contributed by atoms with E-state index in [9.17, 15) is 9.50 Å². The van der Waals surface area contributed by atoms with Crippen LogP contribution in [0.4, 0.5) is 4.39 Å². The fourth-order valence-corrected chi connectivity index (χ4v) is 2.08. The van der Waals surface area contributed by atoms with Gasteiger partial charge in [0, 0.05) is 28.9 Å². The largest absolute Gasteiger partial charge is 0.458 e. The minimum Gasteiger partial charge on any atom is -0.458 e. The van der Waals surface area contributed by atoms with Crippen LogP contribution in [0.25, 0.3) is 11.0 Å². The molecule has 0 aliphatic heterocycles. The van der Waals surface area contributed by atoms with Crippen LogP contribution in [0.2, 0.25) is 0 Å². The first-order chi connectivity index (χ1) is 9.16. The summed E-state index contributed by atoms with van der Waals surface area (Å²) in [6, 6.07) is 4.27. The van der Waals surface area contributed by atoms with Crippen molar-refractivity contribution in [1.82, 2.24) is 9.97 Å². The van der Waals surface area contributed by atoms with Crippen LogP contribution in [-0.2, 0) is 0 Å². The van der Waals surface area contributed by atoms with Gasteiger partial charge in [-0.3, -0.25) is 0 Å². The van der Waals surface area contributed by atoms with Gasteiger partial charge in [0.15, 0.2) is 0 Å². The van der Waals surface area contributed by atoms with Crippen molar-refractivity contribution in [2.45, 2.75) is 13.0 Å². The lowest BCUT2D eigenvalue weighted by Crippen LogP contribution is -2.00. The van der Waals surface area contributed by atoms with Gasteiger partial charge in [-0.1, -0.05) is 0 Å². The second kappa shape index (κ2) is 4.44. The minimum absolute atomic E-state index is 0.333. The second-order valence-corrected chi connectivity index (χ2v) is 4.31. The van der Waals surface area contributed by atoms with E-state index >= 15 is 0 Å². The number of furan rings is 1. The first kappa shape index (κ1) is 11.8. The monoisotopic (exact) mass is 258 g/mol. The highest BCUT2D eigenvalue weighted by Crippen LogP contribution is 2.32. The number of aliphatic hydroxyl groups excluding tert-OH is 1. The van der Waals surface area contributed by atoms with Crippen molar-refractivity contribution in [2.24, 2.45) is 0 Å². The third kappa shape index (κ3) is 1.98. The SMILES string of the molecule is Cc1c(C(O)c2cncnc2)oc2ccc(F)cc12. The fraction of sp³-hybridized carbons (Fsp3) is 0.143. The molecule has 0 aliphatic carbocycles. The smallest absolute Gasteiger partial charge is 0.141 e. The third-order valence-electron chi connectivity index (χ3n) is 3.08. The first-order valence-corrected chi connectivity index (χ1v) is 5.78. The number of fused-ring (bicyclic) bond motifs is 1. The highest BCUT2D eigenvalue weighted by molar-refractivity contribution is 5.82. The van der Waals surface area contributed by atoms with Gasteiger partial charge in [0.1, 0.15) is 29.6 Å². The van der Waals surface area contributed by atoms with Crippen molar-refractivity contribution in [2.75, 3.05) is 0 Å². The molecule has 0 spiro atoms. The van der Waals surface area contributed by atoms with Gasteiger partial charge in [0.2, 0.25) is 0 Å². The Bertz CT molecular complexity index is 725. The molecule has 0 saturated heterocycles. The molecule has 19 heavy (non-hydrogen) atoms. The zero-order valence-corrected chi connectivity index (χ0v) is 10.2. The molecule has 5 heteroatoms. The van der Waals surface area contributed by atoms with Gasteiger partial charge in [-0.25, -0.2) is 14.4 Å². The number of halogens is 1. The van der Waals surface area contributed by atoms with E-state index in [4.69, 9.17) is 4.42 Å². The fourth-order valence-electron chi connectivity index (χ4n) is 2.08. The van der Waals surface area contributed by atoms with Crippen LogP contribution >= 0.6 is 0 Å². The van der Waals surface area contributed by atoms with E-state index in [2.05, 4.69) is 9.97 Å². The molecule has 1 unspecified atom stereocenters. The summed E-state index contributed by atoms with van der Waals surface area (Å²) in [6.07, 6.45) is 3.46. The number of hydrogen-bond acceptors (Lipinski definition) is 4.